The van der Waals surface area contributed by atoms with Gasteiger partial charge in [-0.2, -0.15) is 0 Å². The molecule has 3 nitrogen and oxygen atoms in total. The molecule has 2 heterocycles. The van der Waals surface area contributed by atoms with Crippen molar-refractivity contribution in [3.05, 3.63) is 17.5 Å². The van der Waals surface area contributed by atoms with Crippen molar-refractivity contribution in [2.45, 2.75) is 39.7 Å². The maximum Gasteiger partial charge on any atom is 0.133 e. The lowest BCUT2D eigenvalue weighted by molar-refractivity contribution is 0.219. The molecule has 1 aromatic heterocycles. The normalized spacial score (nSPS) is 22.8. The smallest absolute Gasteiger partial charge is 0.133 e. The summed E-state index contributed by atoms with van der Waals surface area (Å²) in [5.74, 6) is 1.64. The van der Waals surface area contributed by atoms with Gasteiger partial charge in [0.15, 0.2) is 0 Å². The topological polar surface area (TPSA) is 29.3 Å². The van der Waals surface area contributed by atoms with Gasteiger partial charge in [-0.1, -0.05) is 19.0 Å². The minimum atomic E-state index is 0.491. The molecule has 0 saturated carbocycles. The second-order valence-electron chi connectivity index (χ2n) is 4.91. The van der Waals surface area contributed by atoms with Crippen LogP contribution in [-0.4, -0.2) is 23.1 Å². The van der Waals surface area contributed by atoms with Gasteiger partial charge in [0.1, 0.15) is 11.5 Å². The Hall–Kier alpha value is -0.830. The van der Waals surface area contributed by atoms with Gasteiger partial charge in [0.2, 0.25) is 0 Å². The number of aromatic nitrogens is 1. The van der Waals surface area contributed by atoms with Gasteiger partial charge in [-0.15, -0.1) is 0 Å². The van der Waals surface area contributed by atoms with E-state index in [1.807, 2.05) is 6.92 Å². The molecular weight excluding hydrogens is 188 g/mol. The van der Waals surface area contributed by atoms with Crippen LogP contribution in [0.15, 0.2) is 10.6 Å². The Balaban J connectivity index is 2.07. The molecule has 0 N–H and O–H groups in total. The Kier molecular flexibility index (Phi) is 3.10. The van der Waals surface area contributed by atoms with Crippen LogP contribution in [0, 0.1) is 12.8 Å². The lowest BCUT2D eigenvalue weighted by Crippen LogP contribution is -2.27. The van der Waals surface area contributed by atoms with E-state index in [0.29, 0.717) is 6.04 Å². The van der Waals surface area contributed by atoms with Crippen molar-refractivity contribution in [2.75, 3.05) is 13.1 Å². The van der Waals surface area contributed by atoms with Crippen molar-refractivity contribution in [3.8, 4) is 0 Å². The maximum absolute atomic E-state index is 5.15. The van der Waals surface area contributed by atoms with E-state index in [9.17, 15) is 0 Å². The van der Waals surface area contributed by atoms with Gasteiger partial charge in [0, 0.05) is 12.6 Å². The Morgan fingerprint density at radius 2 is 2.40 bits per heavy atom. The van der Waals surface area contributed by atoms with Crippen LogP contribution in [-0.2, 0) is 0 Å². The van der Waals surface area contributed by atoms with E-state index in [-0.39, 0.29) is 0 Å². The van der Waals surface area contributed by atoms with Gasteiger partial charge >= 0.3 is 0 Å². The summed E-state index contributed by atoms with van der Waals surface area (Å²) in [6.45, 7) is 8.86. The molecule has 1 saturated heterocycles. The van der Waals surface area contributed by atoms with Crippen LogP contribution in [0.3, 0.4) is 0 Å². The highest BCUT2D eigenvalue weighted by atomic mass is 16.5. The molecule has 1 fully saturated rings. The first-order valence-corrected chi connectivity index (χ1v) is 5.84. The summed E-state index contributed by atoms with van der Waals surface area (Å²) < 4.78 is 5.15. The molecule has 15 heavy (non-hydrogen) atoms. The van der Waals surface area contributed by atoms with Gasteiger partial charge in [0.25, 0.3) is 0 Å². The Labute approximate surface area is 91.4 Å². The molecule has 3 heteroatoms. The summed E-state index contributed by atoms with van der Waals surface area (Å²) in [6.07, 6.45) is 2.50. The van der Waals surface area contributed by atoms with Crippen LogP contribution in [0.1, 0.15) is 44.2 Å². The molecule has 1 aliphatic heterocycles. The highest BCUT2D eigenvalue weighted by Crippen LogP contribution is 2.31. The number of rotatable bonds is 3. The van der Waals surface area contributed by atoms with Gasteiger partial charge in [-0.25, -0.2) is 0 Å². The number of hydrogen-bond acceptors (Lipinski definition) is 3. The first-order chi connectivity index (χ1) is 7.16. The van der Waals surface area contributed by atoms with Crippen molar-refractivity contribution in [1.29, 1.82) is 0 Å². The molecule has 2 rings (SSSR count). The van der Waals surface area contributed by atoms with E-state index in [4.69, 9.17) is 4.52 Å². The van der Waals surface area contributed by atoms with Crippen molar-refractivity contribution in [1.82, 2.24) is 10.1 Å². The summed E-state index contributed by atoms with van der Waals surface area (Å²) in [7, 11) is 0. The zero-order valence-electron chi connectivity index (χ0n) is 9.86. The predicted molar refractivity (Wildman–Crippen MR) is 59.6 cm³/mol. The minimum Gasteiger partial charge on any atom is -0.361 e. The highest BCUT2D eigenvalue weighted by molar-refractivity contribution is 5.10. The lowest BCUT2D eigenvalue weighted by Gasteiger charge is -2.24. The third kappa shape index (κ3) is 2.40. The molecule has 1 aliphatic rings. The summed E-state index contributed by atoms with van der Waals surface area (Å²) in [4.78, 5) is 2.53. The molecule has 0 aromatic carbocycles. The van der Waals surface area contributed by atoms with Crippen LogP contribution in [0.4, 0.5) is 0 Å². The van der Waals surface area contributed by atoms with Gasteiger partial charge in [-0.3, -0.25) is 4.90 Å². The summed E-state index contributed by atoms with van der Waals surface area (Å²) in [5.41, 5.74) is 1.12. The second-order valence-corrected chi connectivity index (χ2v) is 4.91. The average Bonchev–Trinajstić information content (AvgIpc) is 2.72. The zero-order valence-corrected chi connectivity index (χ0v) is 9.86. The molecule has 0 unspecified atom stereocenters. The summed E-state index contributed by atoms with van der Waals surface area (Å²) in [6, 6.07) is 2.56. The molecule has 0 bridgehead atoms. The monoisotopic (exact) mass is 208 g/mol. The van der Waals surface area contributed by atoms with E-state index in [1.165, 1.54) is 19.4 Å². The quantitative estimate of drug-likeness (QED) is 0.765. The van der Waals surface area contributed by atoms with Gasteiger partial charge in [0.05, 0.1) is 6.04 Å². The summed E-state index contributed by atoms with van der Waals surface area (Å²) in [5, 5.41) is 4.14. The van der Waals surface area contributed by atoms with E-state index in [0.717, 1.165) is 23.9 Å². The van der Waals surface area contributed by atoms with Crippen LogP contribution >= 0.6 is 0 Å². The highest BCUT2D eigenvalue weighted by Gasteiger charge is 2.28. The van der Waals surface area contributed by atoms with Crippen LogP contribution < -0.4 is 0 Å². The Morgan fingerprint density at radius 3 is 3.00 bits per heavy atom. The maximum atomic E-state index is 5.15. The number of likely N-dealkylation sites (tertiary alicyclic amines) is 1. The first kappa shape index (κ1) is 10.7. The standard InChI is InChI=1S/C12H20N2O/c1-9(2)8-14-6-4-5-12(14)11-7-10(3)15-13-11/h7,9,12H,4-6,8H2,1-3H3/t12-/m1/s1. The van der Waals surface area contributed by atoms with Crippen LogP contribution in [0.2, 0.25) is 0 Å². The molecule has 0 aliphatic carbocycles. The largest absolute Gasteiger partial charge is 0.361 e. The molecule has 1 atom stereocenters. The molecule has 0 spiro atoms. The second kappa shape index (κ2) is 4.35. The van der Waals surface area contributed by atoms with E-state index in [1.54, 1.807) is 0 Å². The lowest BCUT2D eigenvalue weighted by atomic mass is 10.1. The molecule has 1 aromatic rings. The van der Waals surface area contributed by atoms with Crippen LogP contribution in [0.25, 0.3) is 0 Å². The summed E-state index contributed by atoms with van der Waals surface area (Å²) >= 11 is 0. The van der Waals surface area contributed by atoms with E-state index < -0.39 is 0 Å². The molecule has 0 radical (unpaired) electrons. The molecular formula is C12H20N2O. The van der Waals surface area contributed by atoms with Crippen molar-refractivity contribution in [2.24, 2.45) is 5.92 Å². The SMILES string of the molecule is Cc1cc([C@H]2CCCN2CC(C)C)no1. The zero-order chi connectivity index (χ0) is 10.8. The van der Waals surface area contributed by atoms with Crippen molar-refractivity contribution in [3.63, 3.8) is 0 Å². The average molecular weight is 208 g/mol. The number of aryl methyl sites for hydroxylation is 1. The van der Waals surface area contributed by atoms with Crippen molar-refractivity contribution < 1.29 is 4.52 Å². The van der Waals surface area contributed by atoms with Crippen molar-refractivity contribution >= 4 is 0 Å². The number of hydrogen-bond donors (Lipinski definition) is 0. The van der Waals surface area contributed by atoms with E-state index >= 15 is 0 Å². The molecule has 0 amide bonds. The first-order valence-electron chi connectivity index (χ1n) is 5.84. The minimum absolute atomic E-state index is 0.491. The van der Waals surface area contributed by atoms with Gasteiger partial charge < -0.3 is 4.52 Å². The fraction of sp³-hybridized carbons (Fsp3) is 0.750. The third-order valence-corrected chi connectivity index (χ3v) is 2.95. The predicted octanol–water partition coefficient (Wildman–Crippen LogP) is 2.78. The van der Waals surface area contributed by atoms with Gasteiger partial charge in [-0.05, 0) is 32.2 Å². The third-order valence-electron chi connectivity index (χ3n) is 2.95. The van der Waals surface area contributed by atoms with E-state index in [2.05, 4.69) is 30.0 Å². The van der Waals surface area contributed by atoms with Crippen LogP contribution in [0.5, 0.6) is 0 Å². The Bertz CT molecular complexity index is 319. The number of nitrogens with zero attached hydrogens (tertiary/aromatic N) is 2. The fourth-order valence-electron chi connectivity index (χ4n) is 2.39. The molecule has 84 valence electrons. The fourth-order valence-corrected chi connectivity index (χ4v) is 2.39. The Morgan fingerprint density at radius 1 is 1.60 bits per heavy atom.